The predicted octanol–water partition coefficient (Wildman–Crippen LogP) is 3.22. The summed E-state index contributed by atoms with van der Waals surface area (Å²) in [7, 11) is -0.331. The predicted molar refractivity (Wildman–Crippen MR) is 69.4 cm³/mol. The molecule has 1 N–H and O–H groups in total. The highest BCUT2D eigenvalue weighted by molar-refractivity contribution is 7.67. The normalized spacial score (nSPS) is 38.3. The molecule has 1 nitrogen and oxygen atoms in total. The SMILES string of the molecule is OC12CCCC(CCC1)P2c1ccccc1. The number of fused-ring (bicyclic) bond motifs is 2. The van der Waals surface area contributed by atoms with Crippen LogP contribution in [-0.4, -0.2) is 16.1 Å². The van der Waals surface area contributed by atoms with Gasteiger partial charge in [-0.1, -0.05) is 30.3 Å². The zero-order valence-corrected chi connectivity index (χ0v) is 10.5. The first kappa shape index (κ1) is 10.7. The Labute approximate surface area is 98.6 Å². The number of hydrogen-bond donors (Lipinski definition) is 1. The Morgan fingerprint density at radius 3 is 2.25 bits per heavy atom. The van der Waals surface area contributed by atoms with Crippen LogP contribution in [0.1, 0.15) is 38.5 Å². The van der Waals surface area contributed by atoms with Crippen molar-refractivity contribution in [2.45, 2.75) is 49.5 Å². The van der Waals surface area contributed by atoms with Gasteiger partial charge in [-0.05, 0) is 57.4 Å². The summed E-state index contributed by atoms with van der Waals surface area (Å²) in [6.07, 6.45) is 7.19. The number of rotatable bonds is 1. The zero-order chi connectivity index (χ0) is 11.0. The minimum atomic E-state index is -0.335. The van der Waals surface area contributed by atoms with Crippen LogP contribution in [0.25, 0.3) is 0 Å². The molecule has 0 spiro atoms. The molecule has 3 rings (SSSR count). The fourth-order valence-electron chi connectivity index (χ4n) is 3.39. The van der Waals surface area contributed by atoms with Crippen molar-refractivity contribution >= 4 is 13.2 Å². The molecule has 1 unspecified atom stereocenters. The average Bonchev–Trinajstić information content (AvgIpc) is 2.29. The molecule has 2 heterocycles. The summed E-state index contributed by atoms with van der Waals surface area (Å²) >= 11 is 0. The van der Waals surface area contributed by atoms with Gasteiger partial charge in [0.15, 0.2) is 0 Å². The van der Waals surface area contributed by atoms with Crippen LogP contribution in [0.5, 0.6) is 0 Å². The standard InChI is InChI=1S/C14H19OP/c15-14-10-4-8-13(9-5-11-14)16(14)12-6-2-1-3-7-12/h1-3,6-7,13,15H,4-5,8-11H2. The largest absolute Gasteiger partial charge is 0.385 e. The maximum atomic E-state index is 10.8. The molecule has 0 aliphatic carbocycles. The van der Waals surface area contributed by atoms with E-state index in [-0.39, 0.29) is 13.3 Å². The molecule has 2 fully saturated rings. The van der Waals surface area contributed by atoms with E-state index >= 15 is 0 Å². The highest BCUT2D eigenvalue weighted by atomic mass is 31.1. The van der Waals surface area contributed by atoms with Gasteiger partial charge in [-0.25, -0.2) is 0 Å². The number of hydrogen-bond acceptors (Lipinski definition) is 1. The molecule has 16 heavy (non-hydrogen) atoms. The number of aliphatic hydroxyl groups is 1. The van der Waals surface area contributed by atoms with Crippen molar-refractivity contribution in [2.75, 3.05) is 0 Å². The molecule has 0 saturated carbocycles. The van der Waals surface area contributed by atoms with Crippen LogP contribution in [0, 0.1) is 0 Å². The molecule has 0 radical (unpaired) electrons. The summed E-state index contributed by atoms with van der Waals surface area (Å²) in [6, 6.07) is 10.7. The van der Waals surface area contributed by atoms with Gasteiger partial charge in [-0.3, -0.25) is 0 Å². The van der Waals surface area contributed by atoms with Crippen LogP contribution in [0.3, 0.4) is 0 Å². The van der Waals surface area contributed by atoms with E-state index in [2.05, 4.69) is 30.3 Å². The molecule has 2 aliphatic rings. The van der Waals surface area contributed by atoms with Crippen LogP contribution in [0.2, 0.25) is 0 Å². The summed E-state index contributed by atoms with van der Waals surface area (Å²) < 4.78 is 0. The molecule has 2 bridgehead atoms. The van der Waals surface area contributed by atoms with E-state index in [1.54, 1.807) is 0 Å². The Balaban J connectivity index is 1.98. The van der Waals surface area contributed by atoms with Gasteiger partial charge in [-0.15, -0.1) is 0 Å². The van der Waals surface area contributed by atoms with E-state index in [0.717, 1.165) is 18.5 Å². The minimum Gasteiger partial charge on any atom is -0.385 e. The van der Waals surface area contributed by atoms with Crippen molar-refractivity contribution < 1.29 is 5.11 Å². The van der Waals surface area contributed by atoms with E-state index < -0.39 is 0 Å². The lowest BCUT2D eigenvalue weighted by atomic mass is 9.96. The lowest BCUT2D eigenvalue weighted by molar-refractivity contribution is 0.0872. The Kier molecular flexibility index (Phi) is 2.77. The van der Waals surface area contributed by atoms with Gasteiger partial charge >= 0.3 is 0 Å². The van der Waals surface area contributed by atoms with Gasteiger partial charge in [-0.2, -0.15) is 0 Å². The van der Waals surface area contributed by atoms with Gasteiger partial charge in [0.1, 0.15) is 0 Å². The van der Waals surface area contributed by atoms with Crippen LogP contribution in [0.4, 0.5) is 0 Å². The second-order valence-electron chi connectivity index (χ2n) is 5.13. The third-order valence-electron chi connectivity index (χ3n) is 4.08. The average molecular weight is 234 g/mol. The van der Waals surface area contributed by atoms with Gasteiger partial charge in [0.25, 0.3) is 0 Å². The molecule has 1 aromatic rings. The van der Waals surface area contributed by atoms with Crippen molar-refractivity contribution in [1.82, 2.24) is 0 Å². The van der Waals surface area contributed by atoms with Crippen LogP contribution >= 0.6 is 7.92 Å². The summed E-state index contributed by atoms with van der Waals surface area (Å²) in [5, 5.41) is 11.9. The molecule has 1 atom stereocenters. The smallest absolute Gasteiger partial charge is 0.0879 e. The topological polar surface area (TPSA) is 20.2 Å². The fourth-order valence-corrected chi connectivity index (χ4v) is 7.14. The van der Waals surface area contributed by atoms with Crippen LogP contribution in [0.15, 0.2) is 30.3 Å². The van der Waals surface area contributed by atoms with E-state index in [4.69, 9.17) is 0 Å². The van der Waals surface area contributed by atoms with Gasteiger partial charge in [0.2, 0.25) is 0 Å². The van der Waals surface area contributed by atoms with E-state index in [1.165, 1.54) is 31.0 Å². The molecule has 2 aliphatic heterocycles. The molecule has 2 saturated heterocycles. The van der Waals surface area contributed by atoms with Crippen molar-refractivity contribution in [2.24, 2.45) is 0 Å². The monoisotopic (exact) mass is 234 g/mol. The third kappa shape index (κ3) is 1.71. The van der Waals surface area contributed by atoms with Gasteiger partial charge < -0.3 is 5.11 Å². The third-order valence-corrected chi connectivity index (χ3v) is 7.52. The maximum Gasteiger partial charge on any atom is 0.0879 e. The van der Waals surface area contributed by atoms with Crippen molar-refractivity contribution in [3.8, 4) is 0 Å². The lowest BCUT2D eigenvalue weighted by Gasteiger charge is -2.49. The quantitative estimate of drug-likeness (QED) is 0.740. The van der Waals surface area contributed by atoms with Crippen LogP contribution in [-0.2, 0) is 0 Å². The molecular formula is C14H19OP. The first-order valence-electron chi connectivity index (χ1n) is 6.36. The first-order chi connectivity index (χ1) is 7.80. The van der Waals surface area contributed by atoms with E-state index in [0.29, 0.717) is 0 Å². The van der Waals surface area contributed by atoms with E-state index in [1.807, 2.05) is 0 Å². The Morgan fingerprint density at radius 1 is 1.06 bits per heavy atom. The molecule has 0 amide bonds. The molecule has 86 valence electrons. The molecular weight excluding hydrogens is 215 g/mol. The summed E-state index contributed by atoms with van der Waals surface area (Å²) in [6.45, 7) is 0. The summed E-state index contributed by atoms with van der Waals surface area (Å²) in [4.78, 5) is 0. The minimum absolute atomic E-state index is 0.331. The molecule has 1 aromatic carbocycles. The summed E-state index contributed by atoms with van der Waals surface area (Å²) in [5.74, 6) is 0. The number of benzene rings is 1. The zero-order valence-electron chi connectivity index (χ0n) is 9.60. The molecule has 0 aromatic heterocycles. The Hall–Kier alpha value is -0.390. The Bertz CT molecular complexity index is 352. The van der Waals surface area contributed by atoms with Crippen LogP contribution < -0.4 is 5.30 Å². The fraction of sp³-hybridized carbons (Fsp3) is 0.571. The van der Waals surface area contributed by atoms with Crippen molar-refractivity contribution in [3.63, 3.8) is 0 Å². The van der Waals surface area contributed by atoms with Gasteiger partial charge in [0, 0.05) is 0 Å². The Morgan fingerprint density at radius 2 is 1.69 bits per heavy atom. The first-order valence-corrected chi connectivity index (χ1v) is 7.77. The second-order valence-corrected chi connectivity index (χ2v) is 7.95. The summed E-state index contributed by atoms with van der Waals surface area (Å²) in [5.41, 5.74) is 0.782. The van der Waals surface area contributed by atoms with Crippen molar-refractivity contribution in [3.05, 3.63) is 30.3 Å². The maximum absolute atomic E-state index is 10.8. The molecule has 2 heteroatoms. The van der Waals surface area contributed by atoms with Gasteiger partial charge in [0.05, 0.1) is 5.34 Å². The lowest BCUT2D eigenvalue weighted by Crippen LogP contribution is -2.41. The van der Waals surface area contributed by atoms with Crippen molar-refractivity contribution in [1.29, 1.82) is 0 Å². The second kappa shape index (κ2) is 4.13. The van der Waals surface area contributed by atoms with E-state index in [9.17, 15) is 5.11 Å². The highest BCUT2D eigenvalue weighted by Crippen LogP contribution is 2.64. The highest BCUT2D eigenvalue weighted by Gasteiger charge is 2.46.